The van der Waals surface area contributed by atoms with Gasteiger partial charge < -0.3 is 10.1 Å². The van der Waals surface area contributed by atoms with E-state index in [4.69, 9.17) is 4.74 Å². The van der Waals surface area contributed by atoms with Crippen LogP contribution in [0.2, 0.25) is 0 Å². The Labute approximate surface area is 113 Å². The molecule has 0 unspecified atom stereocenters. The summed E-state index contributed by atoms with van der Waals surface area (Å²) < 4.78 is 5.62. The summed E-state index contributed by atoms with van der Waals surface area (Å²) in [4.78, 5) is 22.8. The van der Waals surface area contributed by atoms with Crippen molar-refractivity contribution in [1.82, 2.24) is 10.6 Å². The Bertz CT molecular complexity index is 458. The summed E-state index contributed by atoms with van der Waals surface area (Å²) in [5.41, 5.74) is 1.03. The molecule has 1 rings (SSSR count). The maximum Gasteiger partial charge on any atom is 0.321 e. The minimum Gasteiger partial charge on any atom is -0.481 e. The van der Waals surface area contributed by atoms with E-state index in [9.17, 15) is 9.59 Å². The van der Waals surface area contributed by atoms with Crippen molar-refractivity contribution in [2.45, 2.75) is 32.8 Å². The van der Waals surface area contributed by atoms with Crippen molar-refractivity contribution in [3.8, 4) is 5.75 Å². The Balaban J connectivity index is 2.74. The molecule has 1 aromatic rings. The van der Waals surface area contributed by atoms with Crippen molar-refractivity contribution < 1.29 is 14.3 Å². The molecule has 0 saturated carbocycles. The maximum absolute atomic E-state index is 11.7. The van der Waals surface area contributed by atoms with Crippen LogP contribution in [0.25, 0.3) is 0 Å². The molecule has 2 N–H and O–H groups in total. The molecule has 0 heterocycles. The highest BCUT2D eigenvalue weighted by atomic mass is 16.5. The Morgan fingerprint density at radius 3 is 2.37 bits per heavy atom. The zero-order chi connectivity index (χ0) is 14.4. The quantitative estimate of drug-likeness (QED) is 0.874. The molecule has 3 amide bonds. The Hall–Kier alpha value is -2.04. The van der Waals surface area contributed by atoms with Crippen LogP contribution in [0.4, 0.5) is 4.79 Å². The van der Waals surface area contributed by atoms with Gasteiger partial charge >= 0.3 is 6.03 Å². The van der Waals surface area contributed by atoms with Gasteiger partial charge in [-0.3, -0.25) is 10.1 Å². The minimum atomic E-state index is -0.739. The lowest BCUT2D eigenvalue weighted by Gasteiger charge is -2.18. The van der Waals surface area contributed by atoms with Gasteiger partial charge in [-0.05, 0) is 24.5 Å². The molecule has 0 aromatic heterocycles. The zero-order valence-corrected chi connectivity index (χ0v) is 11.7. The second-order valence-electron chi connectivity index (χ2n) is 4.52. The van der Waals surface area contributed by atoms with Crippen molar-refractivity contribution in [3.05, 3.63) is 29.8 Å². The van der Waals surface area contributed by atoms with E-state index in [0.29, 0.717) is 11.7 Å². The van der Waals surface area contributed by atoms with Crippen LogP contribution in [0.1, 0.15) is 32.3 Å². The van der Waals surface area contributed by atoms with Gasteiger partial charge in [-0.25, -0.2) is 4.79 Å². The minimum absolute atomic E-state index is 0.297. The molecular weight excluding hydrogens is 244 g/mol. The fourth-order valence-electron chi connectivity index (χ4n) is 1.58. The van der Waals surface area contributed by atoms with Gasteiger partial charge in [0.15, 0.2) is 6.10 Å². The molecule has 1 aromatic carbocycles. The Kier molecular flexibility index (Phi) is 5.36. The lowest BCUT2D eigenvalue weighted by atomic mass is 10.0. The maximum atomic E-state index is 11.7. The number of para-hydroxylation sites is 1. The standard InChI is InChI=1S/C14H20N2O3/c1-9(2)11-7-5-6-8-12(11)19-10(3)13(17)16-14(18)15-4/h5-10H,1-4H3,(H2,15,16,17,18)/t10-/m1/s1. The van der Waals surface area contributed by atoms with Crippen LogP contribution in [0.15, 0.2) is 24.3 Å². The number of nitrogens with one attached hydrogen (secondary N) is 2. The molecule has 0 radical (unpaired) electrons. The third-order valence-corrected chi connectivity index (χ3v) is 2.68. The molecule has 0 fully saturated rings. The van der Waals surface area contributed by atoms with E-state index >= 15 is 0 Å². The number of hydrogen-bond donors (Lipinski definition) is 2. The predicted octanol–water partition coefficient (Wildman–Crippen LogP) is 2.03. The molecule has 104 valence electrons. The molecule has 0 bridgehead atoms. The number of urea groups is 1. The molecule has 19 heavy (non-hydrogen) atoms. The summed E-state index contributed by atoms with van der Waals surface area (Å²) in [6, 6.07) is 7.02. The van der Waals surface area contributed by atoms with Crippen molar-refractivity contribution in [1.29, 1.82) is 0 Å². The molecule has 0 aliphatic rings. The van der Waals surface area contributed by atoms with Gasteiger partial charge in [0, 0.05) is 7.05 Å². The van der Waals surface area contributed by atoms with Crippen molar-refractivity contribution >= 4 is 11.9 Å². The van der Waals surface area contributed by atoms with Gasteiger partial charge in [-0.1, -0.05) is 32.0 Å². The van der Waals surface area contributed by atoms with Gasteiger partial charge in [-0.15, -0.1) is 0 Å². The van der Waals surface area contributed by atoms with Crippen LogP contribution >= 0.6 is 0 Å². The average Bonchev–Trinajstić information content (AvgIpc) is 2.38. The van der Waals surface area contributed by atoms with Crippen LogP contribution in [0.3, 0.4) is 0 Å². The summed E-state index contributed by atoms with van der Waals surface area (Å²) in [5, 5.41) is 4.50. The van der Waals surface area contributed by atoms with Gasteiger partial charge in [0.25, 0.3) is 5.91 Å². The van der Waals surface area contributed by atoms with Crippen molar-refractivity contribution in [2.75, 3.05) is 7.05 Å². The topological polar surface area (TPSA) is 67.4 Å². The van der Waals surface area contributed by atoms with Gasteiger partial charge in [0.05, 0.1) is 0 Å². The molecule has 5 heteroatoms. The second kappa shape index (κ2) is 6.78. The number of benzene rings is 1. The monoisotopic (exact) mass is 264 g/mol. The van der Waals surface area contributed by atoms with Crippen molar-refractivity contribution in [2.24, 2.45) is 0 Å². The fourth-order valence-corrected chi connectivity index (χ4v) is 1.58. The number of ether oxygens (including phenoxy) is 1. The van der Waals surface area contributed by atoms with Gasteiger partial charge in [0.1, 0.15) is 5.75 Å². The number of amides is 3. The number of imide groups is 1. The lowest BCUT2D eigenvalue weighted by molar-refractivity contribution is -0.126. The molecule has 0 aliphatic carbocycles. The Morgan fingerprint density at radius 1 is 1.16 bits per heavy atom. The summed E-state index contributed by atoms with van der Waals surface area (Å²) in [6.45, 7) is 5.71. The van der Waals surface area contributed by atoms with Crippen LogP contribution in [0, 0.1) is 0 Å². The highest BCUT2D eigenvalue weighted by Gasteiger charge is 2.18. The predicted molar refractivity (Wildman–Crippen MR) is 73.2 cm³/mol. The first-order chi connectivity index (χ1) is 8.95. The van der Waals surface area contributed by atoms with E-state index in [1.54, 1.807) is 6.92 Å². The molecule has 0 saturated heterocycles. The first-order valence-electron chi connectivity index (χ1n) is 6.23. The number of hydrogen-bond acceptors (Lipinski definition) is 3. The number of rotatable bonds is 4. The van der Waals surface area contributed by atoms with Crippen LogP contribution < -0.4 is 15.4 Å². The van der Waals surface area contributed by atoms with Gasteiger partial charge in [-0.2, -0.15) is 0 Å². The normalized spacial score (nSPS) is 11.8. The van der Waals surface area contributed by atoms with E-state index in [2.05, 4.69) is 24.5 Å². The molecule has 0 aliphatic heterocycles. The fraction of sp³-hybridized carbons (Fsp3) is 0.429. The van der Waals surface area contributed by atoms with E-state index in [0.717, 1.165) is 5.56 Å². The number of carbonyl (C=O) groups is 2. The smallest absolute Gasteiger partial charge is 0.321 e. The third kappa shape index (κ3) is 4.28. The summed E-state index contributed by atoms with van der Waals surface area (Å²) >= 11 is 0. The SMILES string of the molecule is CNC(=O)NC(=O)[C@@H](C)Oc1ccccc1C(C)C. The third-order valence-electron chi connectivity index (χ3n) is 2.68. The first-order valence-corrected chi connectivity index (χ1v) is 6.23. The number of carbonyl (C=O) groups excluding carboxylic acids is 2. The van der Waals surface area contributed by atoms with Crippen LogP contribution in [-0.4, -0.2) is 25.1 Å². The largest absolute Gasteiger partial charge is 0.481 e. The van der Waals surface area contributed by atoms with E-state index in [1.165, 1.54) is 7.05 Å². The summed E-state index contributed by atoms with van der Waals surface area (Å²) in [6.07, 6.45) is -0.739. The second-order valence-corrected chi connectivity index (χ2v) is 4.52. The zero-order valence-electron chi connectivity index (χ0n) is 11.7. The summed E-state index contributed by atoms with van der Waals surface area (Å²) in [7, 11) is 1.45. The molecule has 1 atom stereocenters. The summed E-state index contributed by atoms with van der Waals surface area (Å²) in [5.74, 6) is 0.486. The highest BCUT2D eigenvalue weighted by Crippen LogP contribution is 2.26. The van der Waals surface area contributed by atoms with E-state index in [-0.39, 0.29) is 0 Å². The highest BCUT2D eigenvalue weighted by molar-refractivity contribution is 5.96. The lowest BCUT2D eigenvalue weighted by Crippen LogP contribution is -2.44. The van der Waals surface area contributed by atoms with Crippen molar-refractivity contribution in [3.63, 3.8) is 0 Å². The van der Waals surface area contributed by atoms with Crippen LogP contribution in [-0.2, 0) is 4.79 Å². The van der Waals surface area contributed by atoms with Crippen LogP contribution in [0.5, 0.6) is 5.75 Å². The first kappa shape index (κ1) is 15.0. The van der Waals surface area contributed by atoms with E-state index < -0.39 is 18.0 Å². The average molecular weight is 264 g/mol. The van der Waals surface area contributed by atoms with E-state index in [1.807, 2.05) is 24.3 Å². The Morgan fingerprint density at radius 2 is 1.79 bits per heavy atom. The molecule has 0 spiro atoms. The molecular formula is C14H20N2O3. The van der Waals surface area contributed by atoms with Gasteiger partial charge in [0.2, 0.25) is 0 Å². The molecule has 5 nitrogen and oxygen atoms in total.